The van der Waals surface area contributed by atoms with E-state index in [1.807, 2.05) is 6.07 Å². The quantitative estimate of drug-likeness (QED) is 0.799. The molecule has 0 bridgehead atoms. The van der Waals surface area contributed by atoms with Crippen molar-refractivity contribution < 1.29 is 9.47 Å². The number of para-hydroxylation sites is 1. The predicted molar refractivity (Wildman–Crippen MR) is 58.5 cm³/mol. The molecule has 2 aliphatic heterocycles. The van der Waals surface area contributed by atoms with Gasteiger partial charge in [-0.05, 0) is 24.5 Å². The van der Waals surface area contributed by atoms with E-state index in [0.717, 1.165) is 31.9 Å². The van der Waals surface area contributed by atoms with Crippen molar-refractivity contribution in [1.82, 2.24) is 0 Å². The molecule has 2 heterocycles. The van der Waals surface area contributed by atoms with Gasteiger partial charge >= 0.3 is 0 Å². The molecule has 0 aliphatic carbocycles. The summed E-state index contributed by atoms with van der Waals surface area (Å²) in [5.74, 6) is 0.987. The van der Waals surface area contributed by atoms with E-state index >= 15 is 0 Å². The van der Waals surface area contributed by atoms with E-state index in [0.29, 0.717) is 0 Å². The third-order valence-corrected chi connectivity index (χ3v) is 2.94. The number of ether oxygens (including phenoxy) is 2. The number of anilines is 1. The molecule has 3 nitrogen and oxygen atoms in total. The average molecular weight is 205 g/mol. The normalized spacial score (nSPS) is 20.0. The Hall–Kier alpha value is -1.22. The first-order chi connectivity index (χ1) is 7.43. The van der Waals surface area contributed by atoms with E-state index in [-0.39, 0.29) is 6.10 Å². The number of benzene rings is 1. The van der Waals surface area contributed by atoms with Gasteiger partial charge in [0.2, 0.25) is 0 Å². The molecule has 1 aromatic rings. The highest BCUT2D eigenvalue weighted by atomic mass is 16.6. The zero-order valence-corrected chi connectivity index (χ0v) is 8.66. The van der Waals surface area contributed by atoms with Gasteiger partial charge in [0.15, 0.2) is 0 Å². The summed E-state index contributed by atoms with van der Waals surface area (Å²) in [6.07, 6.45) is 2.61. The molecule has 3 heteroatoms. The number of aryl methyl sites for hydroxylation is 1. The molecule has 1 N–H and O–H groups in total. The van der Waals surface area contributed by atoms with Gasteiger partial charge in [-0.3, -0.25) is 0 Å². The maximum Gasteiger partial charge on any atom is 0.145 e. The van der Waals surface area contributed by atoms with Crippen LogP contribution in [0.2, 0.25) is 0 Å². The van der Waals surface area contributed by atoms with Crippen LogP contribution in [0.5, 0.6) is 5.75 Å². The van der Waals surface area contributed by atoms with Crippen LogP contribution < -0.4 is 10.1 Å². The molecule has 2 aliphatic rings. The molecular formula is C12H15NO2. The molecule has 80 valence electrons. The summed E-state index contributed by atoms with van der Waals surface area (Å²) in [5.41, 5.74) is 2.56. The van der Waals surface area contributed by atoms with Crippen LogP contribution in [0.1, 0.15) is 12.0 Å². The van der Waals surface area contributed by atoms with E-state index < -0.39 is 0 Å². The molecule has 0 radical (unpaired) electrons. The Bertz CT molecular complexity index is 361. The van der Waals surface area contributed by atoms with Gasteiger partial charge in [-0.15, -0.1) is 0 Å². The van der Waals surface area contributed by atoms with Gasteiger partial charge in [-0.25, -0.2) is 0 Å². The molecule has 1 aromatic carbocycles. The van der Waals surface area contributed by atoms with Crippen molar-refractivity contribution in [2.45, 2.75) is 18.9 Å². The van der Waals surface area contributed by atoms with Crippen LogP contribution in [-0.2, 0) is 11.2 Å². The number of hydrogen-bond acceptors (Lipinski definition) is 3. The maximum absolute atomic E-state index is 5.86. The summed E-state index contributed by atoms with van der Waals surface area (Å²) in [6.45, 7) is 2.50. The summed E-state index contributed by atoms with van der Waals surface area (Å²) in [4.78, 5) is 0. The summed E-state index contributed by atoms with van der Waals surface area (Å²) < 4.78 is 11.0. The fraction of sp³-hybridized carbons (Fsp3) is 0.500. The topological polar surface area (TPSA) is 30.5 Å². The van der Waals surface area contributed by atoms with Crippen molar-refractivity contribution in [3.05, 3.63) is 23.8 Å². The van der Waals surface area contributed by atoms with Crippen molar-refractivity contribution in [3.8, 4) is 5.75 Å². The Labute approximate surface area is 89.4 Å². The number of hydrogen-bond donors (Lipinski definition) is 1. The molecule has 0 amide bonds. The lowest BCUT2D eigenvalue weighted by atomic mass is 10.0. The van der Waals surface area contributed by atoms with E-state index in [1.165, 1.54) is 17.7 Å². The second kappa shape index (κ2) is 3.74. The van der Waals surface area contributed by atoms with E-state index in [9.17, 15) is 0 Å². The Kier molecular flexibility index (Phi) is 2.25. The minimum Gasteiger partial charge on any atom is -0.483 e. The minimum atomic E-state index is 0.250. The lowest BCUT2D eigenvalue weighted by Gasteiger charge is -2.29. The predicted octanol–water partition coefficient (Wildman–Crippen LogP) is 1.82. The second-order valence-corrected chi connectivity index (χ2v) is 4.10. The van der Waals surface area contributed by atoms with Crippen molar-refractivity contribution in [3.63, 3.8) is 0 Å². The van der Waals surface area contributed by atoms with Gasteiger partial charge in [-0.1, -0.05) is 12.1 Å². The zero-order valence-electron chi connectivity index (χ0n) is 8.66. The van der Waals surface area contributed by atoms with E-state index in [4.69, 9.17) is 9.47 Å². The van der Waals surface area contributed by atoms with Crippen molar-refractivity contribution in [2.24, 2.45) is 0 Å². The molecule has 0 saturated carbocycles. The van der Waals surface area contributed by atoms with Crippen molar-refractivity contribution >= 4 is 5.69 Å². The summed E-state index contributed by atoms with van der Waals surface area (Å²) in [5, 5.41) is 3.42. The molecule has 15 heavy (non-hydrogen) atoms. The Balaban J connectivity index is 1.85. The van der Waals surface area contributed by atoms with Gasteiger partial charge in [0, 0.05) is 6.54 Å². The second-order valence-electron chi connectivity index (χ2n) is 4.10. The first-order valence-electron chi connectivity index (χ1n) is 5.53. The van der Waals surface area contributed by atoms with Gasteiger partial charge in [0.25, 0.3) is 0 Å². The van der Waals surface area contributed by atoms with Gasteiger partial charge in [-0.2, -0.15) is 0 Å². The molecule has 0 aromatic heterocycles. The Morgan fingerprint density at radius 3 is 3.07 bits per heavy atom. The SMILES string of the molecule is c1cc2c(c(OC3COC3)c1)NCCC2. The van der Waals surface area contributed by atoms with Crippen LogP contribution in [0.4, 0.5) is 5.69 Å². The highest BCUT2D eigenvalue weighted by molar-refractivity contribution is 5.63. The van der Waals surface area contributed by atoms with E-state index in [2.05, 4.69) is 17.4 Å². The minimum absolute atomic E-state index is 0.250. The molecule has 1 fully saturated rings. The summed E-state index contributed by atoms with van der Waals surface area (Å²) >= 11 is 0. The summed E-state index contributed by atoms with van der Waals surface area (Å²) in [6, 6.07) is 6.28. The first kappa shape index (κ1) is 9.04. The van der Waals surface area contributed by atoms with Crippen LogP contribution >= 0.6 is 0 Å². The zero-order chi connectivity index (χ0) is 10.1. The average Bonchev–Trinajstić information content (AvgIpc) is 2.23. The molecule has 3 rings (SSSR count). The van der Waals surface area contributed by atoms with Crippen LogP contribution in [0.25, 0.3) is 0 Å². The third-order valence-electron chi connectivity index (χ3n) is 2.94. The number of nitrogens with one attached hydrogen (secondary N) is 1. The molecule has 0 spiro atoms. The molecule has 0 atom stereocenters. The first-order valence-corrected chi connectivity index (χ1v) is 5.53. The maximum atomic E-state index is 5.86. The van der Waals surface area contributed by atoms with Crippen LogP contribution in [0.3, 0.4) is 0 Å². The largest absolute Gasteiger partial charge is 0.483 e. The number of fused-ring (bicyclic) bond motifs is 1. The Morgan fingerprint density at radius 1 is 1.33 bits per heavy atom. The van der Waals surface area contributed by atoms with Crippen LogP contribution in [0.15, 0.2) is 18.2 Å². The van der Waals surface area contributed by atoms with Crippen LogP contribution in [-0.4, -0.2) is 25.9 Å². The van der Waals surface area contributed by atoms with E-state index in [1.54, 1.807) is 0 Å². The fourth-order valence-corrected chi connectivity index (χ4v) is 2.04. The smallest absolute Gasteiger partial charge is 0.145 e. The fourth-order valence-electron chi connectivity index (χ4n) is 2.04. The Morgan fingerprint density at radius 2 is 2.27 bits per heavy atom. The van der Waals surface area contributed by atoms with Crippen molar-refractivity contribution in [2.75, 3.05) is 25.1 Å². The highest BCUT2D eigenvalue weighted by Crippen LogP contribution is 2.33. The number of rotatable bonds is 2. The highest BCUT2D eigenvalue weighted by Gasteiger charge is 2.22. The standard InChI is InChI=1S/C12H15NO2/c1-3-9-4-2-6-13-12(9)11(5-1)15-10-7-14-8-10/h1,3,5,10,13H,2,4,6-8H2. The van der Waals surface area contributed by atoms with Crippen molar-refractivity contribution in [1.29, 1.82) is 0 Å². The third kappa shape index (κ3) is 1.67. The van der Waals surface area contributed by atoms with Gasteiger partial charge in [0.1, 0.15) is 11.9 Å². The lowest BCUT2D eigenvalue weighted by Crippen LogP contribution is -2.38. The van der Waals surface area contributed by atoms with Crippen LogP contribution in [0, 0.1) is 0 Å². The molecule has 1 saturated heterocycles. The lowest BCUT2D eigenvalue weighted by molar-refractivity contribution is -0.0794. The van der Waals surface area contributed by atoms with Gasteiger partial charge in [0.05, 0.1) is 18.9 Å². The monoisotopic (exact) mass is 205 g/mol. The molecule has 0 unspecified atom stereocenters. The molecular weight excluding hydrogens is 190 g/mol. The summed E-state index contributed by atoms with van der Waals surface area (Å²) in [7, 11) is 0. The van der Waals surface area contributed by atoms with Gasteiger partial charge < -0.3 is 14.8 Å².